The molecule has 0 radical (unpaired) electrons. The molecule has 0 aliphatic heterocycles. The van der Waals surface area contributed by atoms with Crippen molar-refractivity contribution in [2.75, 3.05) is 6.54 Å². The monoisotopic (exact) mass is 328 g/mol. The van der Waals surface area contributed by atoms with Gasteiger partial charge in [-0.15, -0.1) is 24.2 Å². The number of halogens is 1. The Kier molecular flexibility index (Phi) is 6.57. The van der Waals surface area contributed by atoms with E-state index in [1.165, 1.54) is 4.90 Å². The molecule has 1 unspecified atom stereocenters. The lowest BCUT2D eigenvalue weighted by Gasteiger charge is -2.29. The van der Waals surface area contributed by atoms with Crippen LogP contribution in [0.5, 0.6) is 0 Å². The number of nitrogens with two attached hydrogens (primary N) is 1. The molecule has 0 heterocycles. The van der Waals surface area contributed by atoms with E-state index in [1.807, 2.05) is 31.2 Å². The van der Waals surface area contributed by atoms with Crippen molar-refractivity contribution in [1.82, 2.24) is 5.32 Å². The van der Waals surface area contributed by atoms with Gasteiger partial charge in [0.15, 0.2) is 0 Å². The summed E-state index contributed by atoms with van der Waals surface area (Å²) < 4.78 is 0. The van der Waals surface area contributed by atoms with E-state index in [9.17, 15) is 4.79 Å². The maximum atomic E-state index is 12.3. The van der Waals surface area contributed by atoms with Gasteiger partial charge in [-0.3, -0.25) is 4.79 Å². The molecule has 0 spiro atoms. The number of amides is 1. The summed E-state index contributed by atoms with van der Waals surface area (Å²) in [7, 11) is 0. The number of carbonyl (C=O) groups is 1. The Labute approximate surface area is 137 Å². The summed E-state index contributed by atoms with van der Waals surface area (Å²) in [5, 5.41) is 3.66. The van der Waals surface area contributed by atoms with Crippen molar-refractivity contribution in [1.29, 1.82) is 0 Å². The van der Waals surface area contributed by atoms with Crippen LogP contribution in [-0.2, 0) is 0 Å². The second kappa shape index (κ2) is 7.52. The topological polar surface area (TPSA) is 55.1 Å². The minimum absolute atomic E-state index is 0. The van der Waals surface area contributed by atoms with E-state index in [0.717, 1.165) is 12.8 Å². The van der Waals surface area contributed by atoms with E-state index in [2.05, 4.69) is 19.2 Å². The van der Waals surface area contributed by atoms with Gasteiger partial charge in [-0.2, -0.15) is 0 Å². The number of benzene rings is 1. The zero-order chi connectivity index (χ0) is 14.8. The van der Waals surface area contributed by atoms with E-state index in [-0.39, 0.29) is 23.9 Å². The van der Waals surface area contributed by atoms with Crippen molar-refractivity contribution in [3.05, 3.63) is 29.8 Å². The van der Waals surface area contributed by atoms with Crippen molar-refractivity contribution >= 4 is 30.1 Å². The third-order valence-electron chi connectivity index (χ3n) is 3.79. The predicted molar refractivity (Wildman–Crippen MR) is 92.3 cm³/mol. The van der Waals surface area contributed by atoms with Crippen molar-refractivity contribution in [3.63, 3.8) is 0 Å². The first-order chi connectivity index (χ1) is 9.44. The third-order valence-corrected chi connectivity index (χ3v) is 4.81. The fraction of sp³-hybridized carbons (Fsp3) is 0.562. The summed E-state index contributed by atoms with van der Waals surface area (Å²) in [5.41, 5.74) is 6.28. The zero-order valence-corrected chi connectivity index (χ0v) is 14.5. The summed E-state index contributed by atoms with van der Waals surface area (Å²) in [4.78, 5) is 13.5. The first kappa shape index (κ1) is 18.3. The zero-order valence-electron chi connectivity index (χ0n) is 12.9. The average Bonchev–Trinajstić information content (AvgIpc) is 3.23. The van der Waals surface area contributed by atoms with E-state index in [1.54, 1.807) is 11.8 Å². The number of carbonyl (C=O) groups excluding carboxylic acids is 1. The maximum absolute atomic E-state index is 12.3. The van der Waals surface area contributed by atoms with Gasteiger partial charge in [0, 0.05) is 22.3 Å². The van der Waals surface area contributed by atoms with Crippen molar-refractivity contribution < 1.29 is 4.79 Å². The number of rotatable bonds is 6. The summed E-state index contributed by atoms with van der Waals surface area (Å²) in [6, 6.07) is 7.81. The molecule has 5 heteroatoms. The van der Waals surface area contributed by atoms with Crippen molar-refractivity contribution in [2.45, 2.75) is 49.3 Å². The van der Waals surface area contributed by atoms with Gasteiger partial charge in [-0.05, 0) is 49.9 Å². The van der Waals surface area contributed by atoms with E-state index in [0.29, 0.717) is 23.3 Å². The fourth-order valence-electron chi connectivity index (χ4n) is 2.33. The highest BCUT2D eigenvalue weighted by Crippen LogP contribution is 2.39. The summed E-state index contributed by atoms with van der Waals surface area (Å²) >= 11 is 1.80. The van der Waals surface area contributed by atoms with Gasteiger partial charge < -0.3 is 11.1 Å². The smallest absolute Gasteiger partial charge is 0.251 e. The largest absolute Gasteiger partial charge is 0.345 e. The molecule has 1 aliphatic carbocycles. The van der Waals surface area contributed by atoms with Gasteiger partial charge in [0.1, 0.15) is 0 Å². The Bertz CT molecular complexity index is 474. The van der Waals surface area contributed by atoms with Crippen LogP contribution in [0.25, 0.3) is 0 Å². The van der Waals surface area contributed by atoms with Crippen LogP contribution in [0.15, 0.2) is 29.2 Å². The molecule has 0 saturated heterocycles. The van der Waals surface area contributed by atoms with Crippen LogP contribution in [-0.4, -0.2) is 23.2 Å². The second-order valence-corrected chi connectivity index (χ2v) is 7.69. The third kappa shape index (κ3) is 4.90. The van der Waals surface area contributed by atoms with Gasteiger partial charge in [0.2, 0.25) is 0 Å². The predicted octanol–water partition coefficient (Wildman–Crippen LogP) is 3.47. The van der Waals surface area contributed by atoms with Gasteiger partial charge in [0.05, 0.1) is 5.54 Å². The normalized spacial score (nSPS) is 17.0. The van der Waals surface area contributed by atoms with Crippen molar-refractivity contribution in [3.8, 4) is 0 Å². The van der Waals surface area contributed by atoms with Crippen LogP contribution in [0.1, 0.15) is 44.0 Å². The van der Waals surface area contributed by atoms with Gasteiger partial charge in [0.25, 0.3) is 5.91 Å². The van der Waals surface area contributed by atoms with Gasteiger partial charge in [-0.1, -0.05) is 13.8 Å². The van der Waals surface area contributed by atoms with Crippen LogP contribution in [0.2, 0.25) is 0 Å². The van der Waals surface area contributed by atoms with Crippen LogP contribution < -0.4 is 11.1 Å². The van der Waals surface area contributed by atoms with Gasteiger partial charge in [-0.25, -0.2) is 0 Å². The number of nitrogens with one attached hydrogen (secondary N) is 1. The Balaban J connectivity index is 0.00000220. The van der Waals surface area contributed by atoms with E-state index in [4.69, 9.17) is 5.73 Å². The second-order valence-electron chi connectivity index (χ2n) is 6.04. The van der Waals surface area contributed by atoms with Crippen LogP contribution in [0.3, 0.4) is 0 Å². The maximum Gasteiger partial charge on any atom is 0.251 e. The molecule has 3 nitrogen and oxygen atoms in total. The highest BCUT2D eigenvalue weighted by molar-refractivity contribution is 7.99. The molecule has 1 aliphatic rings. The Morgan fingerprint density at radius 2 is 1.95 bits per heavy atom. The van der Waals surface area contributed by atoms with Crippen molar-refractivity contribution in [2.24, 2.45) is 11.7 Å². The lowest BCUT2D eigenvalue weighted by Crippen LogP contribution is -2.53. The molecule has 1 aromatic rings. The Morgan fingerprint density at radius 3 is 2.38 bits per heavy atom. The molecule has 118 valence electrons. The summed E-state index contributed by atoms with van der Waals surface area (Å²) in [6.07, 6.45) is 2.33. The molecule has 1 aromatic carbocycles. The summed E-state index contributed by atoms with van der Waals surface area (Å²) in [5.74, 6) is 0.512. The molecule has 1 amide bonds. The number of hydrogen-bond acceptors (Lipinski definition) is 3. The molecule has 0 aromatic heterocycles. The summed E-state index contributed by atoms with van der Waals surface area (Å²) in [6.45, 7) is 6.86. The molecule has 3 N–H and O–H groups in total. The number of hydrogen-bond donors (Lipinski definition) is 2. The Morgan fingerprint density at radius 1 is 1.38 bits per heavy atom. The van der Waals surface area contributed by atoms with Gasteiger partial charge >= 0.3 is 0 Å². The first-order valence-electron chi connectivity index (χ1n) is 7.24. The molecular weight excluding hydrogens is 304 g/mol. The lowest BCUT2D eigenvalue weighted by atomic mass is 9.95. The molecule has 1 saturated carbocycles. The SMILES string of the molecule is CC(C)Sc1ccc(C(=O)NC(C)(CN)C2CC2)cc1.Cl. The molecule has 2 rings (SSSR count). The van der Waals surface area contributed by atoms with E-state index >= 15 is 0 Å². The first-order valence-corrected chi connectivity index (χ1v) is 8.12. The minimum atomic E-state index is -0.261. The Hall–Kier alpha value is -0.710. The van der Waals surface area contributed by atoms with E-state index < -0.39 is 0 Å². The average molecular weight is 329 g/mol. The van der Waals surface area contributed by atoms with Crippen LogP contribution in [0.4, 0.5) is 0 Å². The molecule has 0 bridgehead atoms. The molecule has 1 fully saturated rings. The number of thioether (sulfide) groups is 1. The highest BCUT2D eigenvalue weighted by Gasteiger charge is 2.41. The molecular formula is C16H25ClN2OS. The molecule has 1 atom stereocenters. The standard InChI is InChI=1S/C16H24N2OS.ClH/c1-11(2)20-14-8-4-12(5-9-14)15(19)18-16(3,10-17)13-6-7-13;/h4-5,8-9,11,13H,6-7,10,17H2,1-3H3,(H,18,19);1H. The minimum Gasteiger partial charge on any atom is -0.345 e. The highest BCUT2D eigenvalue weighted by atomic mass is 35.5. The quantitative estimate of drug-likeness (QED) is 0.786. The van der Waals surface area contributed by atoms with Crippen LogP contribution in [0, 0.1) is 5.92 Å². The van der Waals surface area contributed by atoms with Crippen LogP contribution >= 0.6 is 24.2 Å². The lowest BCUT2D eigenvalue weighted by molar-refractivity contribution is 0.0898. The molecule has 21 heavy (non-hydrogen) atoms. The fourth-order valence-corrected chi connectivity index (χ4v) is 3.17.